The van der Waals surface area contributed by atoms with Crippen LogP contribution >= 0.6 is 0 Å². The molecule has 8 heteroatoms. The molecule has 96 valence electrons. The Morgan fingerprint density at radius 2 is 2.06 bits per heavy atom. The highest BCUT2D eigenvalue weighted by Gasteiger charge is 2.36. The maximum absolute atomic E-state index is 12.0. The zero-order chi connectivity index (χ0) is 12.4. The summed E-state index contributed by atoms with van der Waals surface area (Å²) in [5.41, 5.74) is 0. The summed E-state index contributed by atoms with van der Waals surface area (Å²) in [6.07, 6.45) is -6.04. The van der Waals surface area contributed by atoms with Gasteiger partial charge in [0.05, 0.1) is 12.4 Å². The minimum absolute atomic E-state index is 0.402. The standard InChI is InChI=1S/C8H13F3O4S/c1-16(12,13)15-7(6-3-5-14-6)2-4-8(9,10)11/h6-7H,2-5H2,1H3. The minimum Gasteiger partial charge on any atom is -0.375 e. The summed E-state index contributed by atoms with van der Waals surface area (Å²) in [6, 6.07) is 0. The van der Waals surface area contributed by atoms with Gasteiger partial charge in [0.1, 0.15) is 6.10 Å². The van der Waals surface area contributed by atoms with Crippen molar-refractivity contribution in [2.75, 3.05) is 12.9 Å². The van der Waals surface area contributed by atoms with Crippen molar-refractivity contribution in [1.82, 2.24) is 0 Å². The van der Waals surface area contributed by atoms with Crippen LogP contribution in [0.5, 0.6) is 0 Å². The Balaban J connectivity index is 2.51. The zero-order valence-corrected chi connectivity index (χ0v) is 9.47. The summed E-state index contributed by atoms with van der Waals surface area (Å²) in [6.45, 7) is 0.431. The summed E-state index contributed by atoms with van der Waals surface area (Å²) >= 11 is 0. The Hall–Kier alpha value is -0.340. The number of ether oxygens (including phenoxy) is 1. The van der Waals surface area contributed by atoms with E-state index in [9.17, 15) is 21.6 Å². The molecular weight excluding hydrogens is 249 g/mol. The number of alkyl halides is 3. The summed E-state index contributed by atoms with van der Waals surface area (Å²) in [4.78, 5) is 0. The number of halogens is 3. The first-order chi connectivity index (χ1) is 7.17. The maximum atomic E-state index is 12.0. The fourth-order valence-corrected chi connectivity index (χ4v) is 2.04. The first-order valence-corrected chi connectivity index (χ1v) is 6.56. The van der Waals surface area contributed by atoms with Crippen LogP contribution in [0.3, 0.4) is 0 Å². The average Bonchev–Trinajstić information content (AvgIpc) is 1.92. The van der Waals surface area contributed by atoms with Gasteiger partial charge in [0, 0.05) is 13.0 Å². The van der Waals surface area contributed by atoms with Crippen LogP contribution in [-0.2, 0) is 19.0 Å². The third kappa shape index (κ3) is 5.13. The molecular formula is C8H13F3O4S. The quantitative estimate of drug-likeness (QED) is 0.704. The molecule has 1 rings (SSSR count). The van der Waals surface area contributed by atoms with Crippen LogP contribution in [-0.4, -0.2) is 39.7 Å². The van der Waals surface area contributed by atoms with E-state index < -0.39 is 41.3 Å². The SMILES string of the molecule is CS(=O)(=O)OC(CCC(F)(F)F)C1CCO1. The molecule has 4 nitrogen and oxygen atoms in total. The predicted molar refractivity (Wildman–Crippen MR) is 49.4 cm³/mol. The second kappa shape index (κ2) is 4.89. The summed E-state index contributed by atoms with van der Waals surface area (Å²) in [7, 11) is -3.76. The molecule has 0 aromatic heterocycles. The largest absolute Gasteiger partial charge is 0.389 e. The molecule has 0 N–H and O–H groups in total. The van der Waals surface area contributed by atoms with E-state index in [1.807, 2.05) is 0 Å². The molecule has 1 aliphatic heterocycles. The van der Waals surface area contributed by atoms with Gasteiger partial charge in [0.15, 0.2) is 0 Å². The molecule has 0 spiro atoms. The second-order valence-electron chi connectivity index (χ2n) is 3.69. The van der Waals surface area contributed by atoms with Crippen LogP contribution in [0.15, 0.2) is 0 Å². The van der Waals surface area contributed by atoms with Gasteiger partial charge in [0.25, 0.3) is 10.1 Å². The third-order valence-electron chi connectivity index (χ3n) is 2.16. The first-order valence-electron chi connectivity index (χ1n) is 4.74. The van der Waals surface area contributed by atoms with Crippen LogP contribution in [0.1, 0.15) is 19.3 Å². The van der Waals surface area contributed by atoms with Crippen molar-refractivity contribution in [2.45, 2.75) is 37.6 Å². The van der Waals surface area contributed by atoms with Gasteiger partial charge in [-0.25, -0.2) is 0 Å². The van der Waals surface area contributed by atoms with E-state index in [4.69, 9.17) is 4.74 Å². The average molecular weight is 262 g/mol. The Labute approximate surface area is 91.8 Å². The predicted octanol–water partition coefficient (Wildman–Crippen LogP) is 1.46. The van der Waals surface area contributed by atoms with Crippen LogP contribution in [0, 0.1) is 0 Å². The maximum Gasteiger partial charge on any atom is 0.389 e. The molecule has 0 saturated carbocycles. The summed E-state index contributed by atoms with van der Waals surface area (Å²) in [5.74, 6) is 0. The molecule has 2 atom stereocenters. The number of hydrogen-bond acceptors (Lipinski definition) is 4. The van der Waals surface area contributed by atoms with E-state index in [0.29, 0.717) is 13.0 Å². The number of hydrogen-bond donors (Lipinski definition) is 0. The summed E-state index contributed by atoms with van der Waals surface area (Å²) in [5, 5.41) is 0. The lowest BCUT2D eigenvalue weighted by molar-refractivity contribution is -0.152. The Kier molecular flexibility index (Phi) is 4.19. The van der Waals surface area contributed by atoms with E-state index >= 15 is 0 Å². The Morgan fingerprint density at radius 1 is 1.50 bits per heavy atom. The van der Waals surface area contributed by atoms with Gasteiger partial charge in [-0.1, -0.05) is 0 Å². The van der Waals surface area contributed by atoms with E-state index in [1.165, 1.54) is 0 Å². The monoisotopic (exact) mass is 262 g/mol. The molecule has 1 aliphatic rings. The van der Waals surface area contributed by atoms with Crippen molar-refractivity contribution in [2.24, 2.45) is 0 Å². The molecule has 0 aliphatic carbocycles. The van der Waals surface area contributed by atoms with Gasteiger partial charge in [-0.2, -0.15) is 21.6 Å². The van der Waals surface area contributed by atoms with Crippen molar-refractivity contribution in [1.29, 1.82) is 0 Å². The lowest BCUT2D eigenvalue weighted by atomic mass is 10.0. The van der Waals surface area contributed by atoms with Crippen molar-refractivity contribution in [3.63, 3.8) is 0 Å². The zero-order valence-electron chi connectivity index (χ0n) is 8.66. The van der Waals surface area contributed by atoms with Crippen molar-refractivity contribution in [3.05, 3.63) is 0 Å². The smallest absolute Gasteiger partial charge is 0.375 e. The molecule has 1 fully saturated rings. The highest BCUT2D eigenvalue weighted by atomic mass is 32.2. The van der Waals surface area contributed by atoms with Crippen molar-refractivity contribution >= 4 is 10.1 Å². The van der Waals surface area contributed by atoms with Crippen LogP contribution in [0.25, 0.3) is 0 Å². The molecule has 16 heavy (non-hydrogen) atoms. The molecule has 1 saturated heterocycles. The molecule has 0 aromatic carbocycles. The Morgan fingerprint density at radius 3 is 2.38 bits per heavy atom. The topological polar surface area (TPSA) is 52.6 Å². The van der Waals surface area contributed by atoms with Crippen LogP contribution in [0.2, 0.25) is 0 Å². The molecule has 0 bridgehead atoms. The van der Waals surface area contributed by atoms with Crippen LogP contribution in [0.4, 0.5) is 13.2 Å². The molecule has 0 amide bonds. The minimum atomic E-state index is -4.32. The van der Waals surface area contributed by atoms with E-state index in [0.717, 1.165) is 6.26 Å². The molecule has 2 unspecified atom stereocenters. The van der Waals surface area contributed by atoms with E-state index in [2.05, 4.69) is 4.18 Å². The number of rotatable bonds is 5. The first kappa shape index (κ1) is 13.7. The lowest BCUT2D eigenvalue weighted by Crippen LogP contribution is -2.41. The van der Waals surface area contributed by atoms with Crippen molar-refractivity contribution < 1.29 is 30.5 Å². The van der Waals surface area contributed by atoms with Gasteiger partial charge in [-0.3, -0.25) is 4.18 Å². The van der Waals surface area contributed by atoms with Gasteiger partial charge in [-0.05, 0) is 12.8 Å². The van der Waals surface area contributed by atoms with Gasteiger partial charge in [-0.15, -0.1) is 0 Å². The lowest BCUT2D eigenvalue weighted by Gasteiger charge is -2.33. The van der Waals surface area contributed by atoms with Crippen molar-refractivity contribution in [3.8, 4) is 0 Å². The fraction of sp³-hybridized carbons (Fsp3) is 1.00. The molecule has 0 aromatic rings. The van der Waals surface area contributed by atoms with E-state index in [1.54, 1.807) is 0 Å². The van der Waals surface area contributed by atoms with Gasteiger partial charge < -0.3 is 4.74 Å². The van der Waals surface area contributed by atoms with Gasteiger partial charge in [0.2, 0.25) is 0 Å². The molecule has 0 radical (unpaired) electrons. The Bertz CT molecular complexity index is 321. The highest BCUT2D eigenvalue weighted by molar-refractivity contribution is 7.86. The molecule has 1 heterocycles. The highest BCUT2D eigenvalue weighted by Crippen LogP contribution is 2.28. The normalized spacial score (nSPS) is 23.9. The van der Waals surface area contributed by atoms with E-state index in [-0.39, 0.29) is 0 Å². The van der Waals surface area contributed by atoms with Gasteiger partial charge >= 0.3 is 6.18 Å². The summed E-state index contributed by atoms with van der Waals surface area (Å²) < 4.78 is 67.2. The second-order valence-corrected chi connectivity index (χ2v) is 5.29. The fourth-order valence-electron chi connectivity index (χ4n) is 1.37. The van der Waals surface area contributed by atoms with Crippen LogP contribution < -0.4 is 0 Å². The third-order valence-corrected chi connectivity index (χ3v) is 2.76.